The molecule has 0 saturated carbocycles. The summed E-state index contributed by atoms with van der Waals surface area (Å²) in [5.74, 6) is -0.574. The topological polar surface area (TPSA) is 79.0 Å². The maximum absolute atomic E-state index is 13.4. The van der Waals surface area contributed by atoms with Gasteiger partial charge in [-0.25, -0.2) is 4.79 Å². The van der Waals surface area contributed by atoms with Crippen LogP contribution in [0, 0.1) is 11.8 Å². The molecule has 30 heavy (non-hydrogen) atoms. The lowest BCUT2D eigenvalue weighted by Crippen LogP contribution is -2.57. The smallest absolute Gasteiger partial charge is 0.333 e. The van der Waals surface area contributed by atoms with Gasteiger partial charge < -0.3 is 15.0 Å². The summed E-state index contributed by atoms with van der Waals surface area (Å²) >= 11 is 0. The van der Waals surface area contributed by atoms with Crippen molar-refractivity contribution >= 4 is 17.8 Å². The van der Waals surface area contributed by atoms with Crippen molar-refractivity contribution in [2.45, 2.75) is 78.9 Å². The molecule has 1 rings (SSSR count). The van der Waals surface area contributed by atoms with Gasteiger partial charge in [0.1, 0.15) is 6.04 Å². The van der Waals surface area contributed by atoms with Gasteiger partial charge in [0, 0.05) is 12.6 Å². The summed E-state index contributed by atoms with van der Waals surface area (Å²) in [6, 6.07) is -1.09. The number of ether oxygens (including phenoxy) is 1. The molecule has 7 heteroatoms. The van der Waals surface area contributed by atoms with Crippen molar-refractivity contribution in [3.05, 3.63) is 11.6 Å². The summed E-state index contributed by atoms with van der Waals surface area (Å²) < 4.78 is 5.07. The number of likely N-dealkylation sites (tertiary alicyclic amines) is 1. The number of nitrogens with zero attached hydrogens (tertiary/aromatic N) is 2. The highest BCUT2D eigenvalue weighted by atomic mass is 16.5. The number of hydrogen-bond donors (Lipinski definition) is 1. The van der Waals surface area contributed by atoms with E-state index in [1.165, 1.54) is 0 Å². The van der Waals surface area contributed by atoms with Gasteiger partial charge in [-0.2, -0.15) is 0 Å². The molecule has 7 nitrogen and oxygen atoms in total. The first kappa shape index (κ1) is 26.1. The maximum Gasteiger partial charge on any atom is 0.333 e. The van der Waals surface area contributed by atoms with Crippen molar-refractivity contribution in [1.29, 1.82) is 0 Å². The van der Waals surface area contributed by atoms with Crippen molar-refractivity contribution in [2.24, 2.45) is 11.8 Å². The quantitative estimate of drug-likeness (QED) is 0.456. The molecule has 0 spiro atoms. The van der Waals surface area contributed by atoms with Gasteiger partial charge in [-0.15, -0.1) is 0 Å². The van der Waals surface area contributed by atoms with Crippen molar-refractivity contribution in [1.82, 2.24) is 15.1 Å². The average molecular weight is 424 g/mol. The number of carbonyl (C=O) groups excluding carboxylic acids is 3. The molecule has 1 aliphatic heterocycles. The fourth-order valence-corrected chi connectivity index (χ4v) is 3.86. The summed E-state index contributed by atoms with van der Waals surface area (Å²) in [5, 5.41) is 3.00. The molecule has 1 unspecified atom stereocenters. The van der Waals surface area contributed by atoms with Crippen LogP contribution in [0.4, 0.5) is 0 Å². The van der Waals surface area contributed by atoms with Crippen LogP contribution in [0.2, 0.25) is 0 Å². The SMILES string of the molecule is CCOC(=O)/C(C)=C/[C@H](C(C)C)N(C)C(=O)C(NC(=O)[C@H]1CCCCN1C)C(C)C. The molecule has 1 N–H and O–H groups in total. The number of likely N-dealkylation sites (N-methyl/N-ethyl adjacent to an activating group) is 2. The predicted molar refractivity (Wildman–Crippen MR) is 119 cm³/mol. The summed E-state index contributed by atoms with van der Waals surface area (Å²) in [6.45, 7) is 12.5. The van der Waals surface area contributed by atoms with Crippen molar-refractivity contribution < 1.29 is 19.1 Å². The Balaban J connectivity index is 3.00. The molecule has 0 radical (unpaired) electrons. The Morgan fingerprint density at radius 1 is 1.17 bits per heavy atom. The molecule has 1 saturated heterocycles. The monoisotopic (exact) mass is 423 g/mol. The molecule has 0 aliphatic carbocycles. The Kier molecular flexibility index (Phi) is 10.5. The first-order valence-electron chi connectivity index (χ1n) is 11.1. The van der Waals surface area contributed by atoms with E-state index in [4.69, 9.17) is 4.74 Å². The van der Waals surface area contributed by atoms with Gasteiger partial charge in [0.2, 0.25) is 11.8 Å². The fraction of sp³-hybridized carbons (Fsp3) is 0.783. The van der Waals surface area contributed by atoms with Crippen LogP contribution in [0.15, 0.2) is 11.6 Å². The largest absolute Gasteiger partial charge is 0.463 e. The third-order valence-electron chi connectivity index (χ3n) is 5.80. The average Bonchev–Trinajstić information content (AvgIpc) is 2.68. The molecule has 0 bridgehead atoms. The molecule has 0 aromatic heterocycles. The third-order valence-corrected chi connectivity index (χ3v) is 5.80. The first-order valence-corrected chi connectivity index (χ1v) is 11.1. The molecular formula is C23H41N3O4. The molecule has 1 aliphatic rings. The predicted octanol–water partition coefficient (Wildman–Crippen LogP) is 2.60. The first-order chi connectivity index (χ1) is 14.0. The van der Waals surface area contributed by atoms with Crippen molar-refractivity contribution in [3.8, 4) is 0 Å². The van der Waals surface area contributed by atoms with Gasteiger partial charge >= 0.3 is 5.97 Å². The second kappa shape index (κ2) is 12.1. The highest BCUT2D eigenvalue weighted by Crippen LogP contribution is 2.19. The van der Waals surface area contributed by atoms with Crippen molar-refractivity contribution in [3.63, 3.8) is 0 Å². The van der Waals surface area contributed by atoms with Gasteiger partial charge in [0.05, 0.1) is 18.7 Å². The fourth-order valence-electron chi connectivity index (χ4n) is 3.86. The van der Waals surface area contributed by atoms with Crippen LogP contribution < -0.4 is 5.32 Å². The Hall–Kier alpha value is -1.89. The lowest BCUT2D eigenvalue weighted by Gasteiger charge is -2.36. The number of amides is 2. The third kappa shape index (κ3) is 7.11. The number of piperidine rings is 1. The number of carbonyl (C=O) groups is 3. The van der Waals surface area contributed by atoms with Crippen LogP contribution in [-0.2, 0) is 19.1 Å². The molecular weight excluding hydrogens is 382 g/mol. The van der Waals surface area contributed by atoms with E-state index in [0.29, 0.717) is 12.2 Å². The van der Waals surface area contributed by atoms with E-state index in [0.717, 1.165) is 25.8 Å². The minimum absolute atomic E-state index is 0.0549. The van der Waals surface area contributed by atoms with Crippen LogP contribution in [0.1, 0.15) is 60.8 Å². The van der Waals surface area contributed by atoms with E-state index in [1.807, 2.05) is 34.7 Å². The molecule has 1 heterocycles. The van der Waals surface area contributed by atoms with Gasteiger partial charge in [0.25, 0.3) is 0 Å². The second-order valence-corrected chi connectivity index (χ2v) is 8.98. The summed E-state index contributed by atoms with van der Waals surface area (Å²) in [6.07, 6.45) is 4.72. The van der Waals surface area contributed by atoms with E-state index >= 15 is 0 Å². The van der Waals surface area contributed by atoms with Crippen LogP contribution >= 0.6 is 0 Å². The van der Waals surface area contributed by atoms with Crippen LogP contribution in [-0.4, -0.2) is 73.0 Å². The number of rotatable bonds is 9. The Morgan fingerprint density at radius 2 is 1.80 bits per heavy atom. The van der Waals surface area contributed by atoms with Gasteiger partial charge in [-0.05, 0) is 52.1 Å². The lowest BCUT2D eigenvalue weighted by molar-refractivity contribution is -0.140. The molecule has 0 aromatic carbocycles. The van der Waals surface area contributed by atoms with E-state index in [1.54, 1.807) is 31.9 Å². The molecule has 0 aromatic rings. The van der Waals surface area contributed by atoms with E-state index in [-0.39, 0.29) is 41.7 Å². The van der Waals surface area contributed by atoms with Crippen molar-refractivity contribution in [2.75, 3.05) is 27.2 Å². The zero-order valence-corrected chi connectivity index (χ0v) is 20.0. The number of nitrogens with one attached hydrogen (secondary N) is 1. The number of hydrogen-bond acceptors (Lipinski definition) is 5. The lowest BCUT2D eigenvalue weighted by atomic mass is 9.96. The molecule has 1 fully saturated rings. The Morgan fingerprint density at radius 3 is 2.30 bits per heavy atom. The molecule has 2 amide bonds. The number of esters is 1. The Labute approximate surface area is 182 Å². The molecule has 172 valence electrons. The van der Waals surface area contributed by atoms with Gasteiger partial charge in [-0.3, -0.25) is 14.5 Å². The zero-order chi connectivity index (χ0) is 23.0. The standard InChI is InChI=1S/C23H41N3O4/c1-9-30-23(29)17(6)14-19(15(2)3)26(8)22(28)20(16(4)5)24-21(27)18-12-10-11-13-25(18)7/h14-16,18-20H,9-13H2,1-8H3,(H,24,27)/b17-14+/t18-,19-,20?/m1/s1. The van der Waals surface area contributed by atoms with Gasteiger partial charge in [0.15, 0.2) is 0 Å². The van der Waals surface area contributed by atoms with Crippen LogP contribution in [0.25, 0.3) is 0 Å². The zero-order valence-electron chi connectivity index (χ0n) is 20.0. The normalized spacial score (nSPS) is 20.1. The minimum Gasteiger partial charge on any atom is -0.463 e. The second-order valence-electron chi connectivity index (χ2n) is 8.98. The van der Waals surface area contributed by atoms with Crippen LogP contribution in [0.5, 0.6) is 0 Å². The van der Waals surface area contributed by atoms with Gasteiger partial charge in [-0.1, -0.05) is 40.2 Å². The summed E-state index contributed by atoms with van der Waals surface area (Å²) in [5.41, 5.74) is 0.476. The van der Waals surface area contributed by atoms with Crippen LogP contribution in [0.3, 0.4) is 0 Å². The highest BCUT2D eigenvalue weighted by Gasteiger charge is 2.34. The maximum atomic E-state index is 13.4. The van der Waals surface area contributed by atoms with E-state index in [9.17, 15) is 14.4 Å². The Bertz CT molecular complexity index is 630. The highest BCUT2D eigenvalue weighted by molar-refractivity contribution is 5.91. The van der Waals surface area contributed by atoms with E-state index < -0.39 is 6.04 Å². The van der Waals surface area contributed by atoms with E-state index in [2.05, 4.69) is 10.2 Å². The minimum atomic E-state index is -0.615. The molecule has 3 atom stereocenters. The summed E-state index contributed by atoms with van der Waals surface area (Å²) in [7, 11) is 3.69. The summed E-state index contributed by atoms with van der Waals surface area (Å²) in [4.78, 5) is 42.0.